The number of carbonyl (C=O) groups is 2. The van der Waals surface area contributed by atoms with Crippen molar-refractivity contribution >= 4 is 35.3 Å². The van der Waals surface area contributed by atoms with Gasteiger partial charge >= 0.3 is 0 Å². The minimum atomic E-state index is -0.196. The van der Waals surface area contributed by atoms with Crippen molar-refractivity contribution in [1.29, 1.82) is 0 Å². The van der Waals surface area contributed by atoms with Crippen LogP contribution in [0.4, 0.5) is 0 Å². The number of rotatable bonds is 1. The number of amides is 1. The first-order chi connectivity index (χ1) is 12.0. The number of allylic oxidation sites excluding steroid dienone is 1. The van der Waals surface area contributed by atoms with Crippen molar-refractivity contribution in [3.8, 4) is 0 Å². The Labute approximate surface area is 150 Å². The second-order valence-electron chi connectivity index (χ2n) is 6.44. The molecule has 0 aliphatic carbocycles. The summed E-state index contributed by atoms with van der Waals surface area (Å²) in [6, 6.07) is 1.78. The van der Waals surface area contributed by atoms with Crippen LogP contribution in [0.1, 0.15) is 42.4 Å². The lowest BCUT2D eigenvalue weighted by Gasteiger charge is -2.34. The molecule has 1 aromatic rings. The van der Waals surface area contributed by atoms with Gasteiger partial charge in [0, 0.05) is 38.5 Å². The molecule has 7 nitrogen and oxygen atoms in total. The molecule has 130 valence electrons. The van der Waals surface area contributed by atoms with Crippen molar-refractivity contribution in [2.45, 2.75) is 38.9 Å². The van der Waals surface area contributed by atoms with E-state index < -0.39 is 0 Å². The van der Waals surface area contributed by atoms with E-state index in [0.29, 0.717) is 23.7 Å². The maximum Gasteiger partial charge on any atom is 0.270 e. The van der Waals surface area contributed by atoms with Crippen LogP contribution in [0.25, 0.3) is 0 Å². The van der Waals surface area contributed by atoms with E-state index in [9.17, 15) is 9.59 Å². The molecule has 1 amide bonds. The van der Waals surface area contributed by atoms with Crippen molar-refractivity contribution in [1.82, 2.24) is 14.5 Å². The summed E-state index contributed by atoms with van der Waals surface area (Å²) in [6.45, 7) is 4.09. The zero-order valence-electron chi connectivity index (χ0n) is 14.0. The summed E-state index contributed by atoms with van der Waals surface area (Å²) in [5, 5.41) is 6.50. The summed E-state index contributed by atoms with van der Waals surface area (Å²) in [4.78, 5) is 31.0. The Hall–Kier alpha value is -2.41. The van der Waals surface area contributed by atoms with Crippen LogP contribution in [0.15, 0.2) is 33.6 Å². The van der Waals surface area contributed by atoms with E-state index >= 15 is 0 Å². The van der Waals surface area contributed by atoms with Crippen molar-refractivity contribution in [2.24, 2.45) is 10.1 Å². The first-order valence-electron chi connectivity index (χ1n) is 8.24. The molecular formula is C17H18ClN5O2. The van der Waals surface area contributed by atoms with Gasteiger partial charge in [0.05, 0.1) is 16.8 Å². The highest BCUT2D eigenvalue weighted by molar-refractivity contribution is 6.40. The highest BCUT2D eigenvalue weighted by atomic mass is 35.5. The summed E-state index contributed by atoms with van der Waals surface area (Å²) in [7, 11) is 0. The highest BCUT2D eigenvalue weighted by Crippen LogP contribution is 2.32. The van der Waals surface area contributed by atoms with Crippen LogP contribution in [0.2, 0.25) is 0 Å². The lowest BCUT2D eigenvalue weighted by atomic mass is 10.00. The van der Waals surface area contributed by atoms with Gasteiger partial charge in [0.25, 0.3) is 5.91 Å². The number of hydrogen-bond donors (Lipinski definition) is 0. The molecule has 8 heteroatoms. The largest absolute Gasteiger partial charge is 0.329 e. The van der Waals surface area contributed by atoms with E-state index in [2.05, 4.69) is 10.1 Å². The molecule has 0 N–H and O–H groups in total. The summed E-state index contributed by atoms with van der Waals surface area (Å²) >= 11 is 5.94. The fraction of sp³-hybridized carbons (Fsp3) is 0.412. The van der Waals surface area contributed by atoms with Gasteiger partial charge in [0.15, 0.2) is 0 Å². The Bertz CT molecular complexity index is 853. The van der Waals surface area contributed by atoms with Crippen molar-refractivity contribution in [3.05, 3.63) is 34.8 Å². The molecule has 1 aromatic heterocycles. The molecule has 2 atom stereocenters. The Balaban J connectivity index is 1.60. The summed E-state index contributed by atoms with van der Waals surface area (Å²) in [6.07, 6.45) is 6.04. The maximum absolute atomic E-state index is 13.0. The molecule has 0 fully saturated rings. The van der Waals surface area contributed by atoms with Gasteiger partial charge < -0.3 is 4.90 Å². The quantitative estimate of drug-likeness (QED) is 0.771. The van der Waals surface area contributed by atoms with Gasteiger partial charge in [0.1, 0.15) is 11.9 Å². The van der Waals surface area contributed by atoms with Gasteiger partial charge in [0.2, 0.25) is 5.91 Å². The zero-order valence-corrected chi connectivity index (χ0v) is 14.8. The van der Waals surface area contributed by atoms with E-state index in [1.807, 2.05) is 13.0 Å². The van der Waals surface area contributed by atoms with Gasteiger partial charge in [-0.3, -0.25) is 19.1 Å². The average molecular weight is 360 g/mol. The molecule has 3 aliphatic heterocycles. The minimum absolute atomic E-state index is 0.0492. The van der Waals surface area contributed by atoms with Crippen molar-refractivity contribution in [2.75, 3.05) is 6.54 Å². The lowest BCUT2D eigenvalue weighted by Crippen LogP contribution is -2.43. The van der Waals surface area contributed by atoms with E-state index in [1.54, 1.807) is 33.1 Å². The molecule has 0 radical (unpaired) electrons. The van der Waals surface area contributed by atoms with Gasteiger partial charge in [-0.25, -0.2) is 5.01 Å². The number of fused-ring (bicyclic) bond motifs is 2. The topological polar surface area (TPSA) is 70.3 Å². The van der Waals surface area contributed by atoms with Gasteiger partial charge in [-0.05, 0) is 25.0 Å². The van der Waals surface area contributed by atoms with E-state index in [4.69, 9.17) is 11.6 Å². The number of carbonyl (C=O) groups excluding carboxylic acids is 2. The smallest absolute Gasteiger partial charge is 0.270 e. The number of halogens is 1. The fourth-order valence-electron chi connectivity index (χ4n) is 3.66. The maximum atomic E-state index is 13.0. The van der Waals surface area contributed by atoms with Crippen LogP contribution in [0.5, 0.6) is 0 Å². The Morgan fingerprint density at radius 3 is 2.92 bits per heavy atom. The Morgan fingerprint density at radius 1 is 1.36 bits per heavy atom. The van der Waals surface area contributed by atoms with Crippen LogP contribution >= 0.6 is 11.6 Å². The zero-order chi connectivity index (χ0) is 17.7. The molecule has 0 aromatic carbocycles. The second-order valence-corrected chi connectivity index (χ2v) is 6.88. The van der Waals surface area contributed by atoms with Crippen molar-refractivity contribution < 1.29 is 9.59 Å². The highest BCUT2D eigenvalue weighted by Gasteiger charge is 2.37. The van der Waals surface area contributed by atoms with Gasteiger partial charge in [-0.2, -0.15) is 5.10 Å². The van der Waals surface area contributed by atoms with E-state index in [-0.39, 0.29) is 24.0 Å². The van der Waals surface area contributed by atoms with Crippen molar-refractivity contribution in [3.63, 3.8) is 0 Å². The first-order valence-corrected chi connectivity index (χ1v) is 8.62. The van der Waals surface area contributed by atoms with Crippen LogP contribution in [-0.2, 0) is 11.2 Å². The predicted molar refractivity (Wildman–Crippen MR) is 94.7 cm³/mol. The predicted octanol–water partition coefficient (Wildman–Crippen LogP) is 2.15. The summed E-state index contributed by atoms with van der Waals surface area (Å²) in [5.74, 6) is -0.157. The third kappa shape index (κ3) is 2.59. The van der Waals surface area contributed by atoms with E-state index in [0.717, 1.165) is 17.7 Å². The lowest BCUT2D eigenvalue weighted by molar-refractivity contribution is -0.126. The standard InChI is InChI=1S/C17H18ClN5O2/c1-10-16-12(4-6-22(16)11(2)24)3-5-21(10)17(25)14-7-15-19-8-13(18)9-23(15)20-14/h4,6,8-10,15H,3,5,7H2,1-2H3. The van der Waals surface area contributed by atoms with Gasteiger partial charge in [-0.1, -0.05) is 11.6 Å². The Morgan fingerprint density at radius 2 is 2.16 bits per heavy atom. The number of nitrogens with zero attached hydrogens (tertiary/aromatic N) is 5. The molecule has 25 heavy (non-hydrogen) atoms. The summed E-state index contributed by atoms with van der Waals surface area (Å²) < 4.78 is 1.63. The molecule has 2 unspecified atom stereocenters. The summed E-state index contributed by atoms with van der Waals surface area (Å²) in [5.41, 5.74) is 2.49. The number of aromatic nitrogens is 1. The minimum Gasteiger partial charge on any atom is -0.329 e. The molecule has 4 rings (SSSR count). The van der Waals surface area contributed by atoms with Crippen LogP contribution in [0, 0.1) is 0 Å². The SMILES string of the molecule is CC(=O)n1ccc2c1C(C)N(C(=O)C1=NN3C=C(Cl)C=NC3C1)CC2. The number of aliphatic imine (C=N–C) groups is 1. The number of hydrogen-bond acceptors (Lipinski definition) is 5. The molecule has 3 aliphatic rings. The average Bonchev–Trinajstić information content (AvgIpc) is 3.18. The van der Waals surface area contributed by atoms with Crippen LogP contribution in [-0.4, -0.2) is 50.9 Å². The van der Waals surface area contributed by atoms with E-state index in [1.165, 1.54) is 6.92 Å². The monoisotopic (exact) mass is 359 g/mol. The normalized spacial score (nSPS) is 24.6. The third-order valence-corrected chi connectivity index (χ3v) is 5.08. The molecular weight excluding hydrogens is 342 g/mol. The molecule has 0 saturated carbocycles. The molecule has 4 heterocycles. The first kappa shape index (κ1) is 16.1. The fourth-order valence-corrected chi connectivity index (χ4v) is 3.82. The molecule has 0 bridgehead atoms. The second kappa shape index (κ2) is 5.84. The molecule has 0 spiro atoms. The Kier molecular flexibility index (Phi) is 3.76. The molecule has 0 saturated heterocycles. The van der Waals surface area contributed by atoms with Crippen LogP contribution in [0.3, 0.4) is 0 Å². The van der Waals surface area contributed by atoms with Gasteiger partial charge in [-0.15, -0.1) is 0 Å². The third-order valence-electron chi connectivity index (χ3n) is 4.89. The number of hydrazone groups is 1. The van der Waals surface area contributed by atoms with Crippen LogP contribution < -0.4 is 0 Å².